The van der Waals surface area contributed by atoms with Gasteiger partial charge in [0.1, 0.15) is 5.72 Å². The van der Waals surface area contributed by atoms with Gasteiger partial charge in [0.2, 0.25) is 0 Å². The lowest BCUT2D eigenvalue weighted by Gasteiger charge is -2.11. The van der Waals surface area contributed by atoms with Crippen molar-refractivity contribution in [2.45, 2.75) is 26.0 Å². The van der Waals surface area contributed by atoms with E-state index in [1.165, 1.54) is 0 Å². The van der Waals surface area contributed by atoms with E-state index in [-0.39, 0.29) is 0 Å². The van der Waals surface area contributed by atoms with Crippen LogP contribution in [0.15, 0.2) is 0 Å². The van der Waals surface area contributed by atoms with Gasteiger partial charge in [0, 0.05) is 0 Å². The average molecular weight is 89.1 g/mol. The average Bonchev–Trinajstić information content (AvgIpc) is 1.35. The lowest BCUT2D eigenvalue weighted by Crippen LogP contribution is -2.34. The molecule has 0 aliphatic carbocycles. The molecule has 3 N–H and O–H groups in total. The van der Waals surface area contributed by atoms with Gasteiger partial charge in [-0.2, -0.15) is 0 Å². The summed E-state index contributed by atoms with van der Waals surface area (Å²) in [5, 5.41) is 8.60. The number of nitrogens with two attached hydrogens (primary N) is 1. The molecule has 0 aliphatic heterocycles. The van der Waals surface area contributed by atoms with Crippen molar-refractivity contribution in [2.75, 3.05) is 0 Å². The van der Waals surface area contributed by atoms with E-state index in [0.29, 0.717) is 6.42 Å². The number of rotatable bonds is 1. The molecule has 0 spiro atoms. The molecule has 0 bridgehead atoms. The summed E-state index contributed by atoms with van der Waals surface area (Å²) in [6, 6.07) is 0. The maximum Gasteiger partial charge on any atom is 0.110 e. The third-order valence-corrected chi connectivity index (χ3v) is 0.716. The van der Waals surface area contributed by atoms with Gasteiger partial charge in [-0.25, -0.2) is 0 Å². The third kappa shape index (κ3) is 3.92. The Morgan fingerprint density at radius 2 is 2.00 bits per heavy atom. The summed E-state index contributed by atoms with van der Waals surface area (Å²) in [4.78, 5) is 0. The van der Waals surface area contributed by atoms with Crippen LogP contribution in [-0.4, -0.2) is 10.8 Å². The highest BCUT2D eigenvalue weighted by molar-refractivity contribution is 4.56. The topological polar surface area (TPSA) is 46.2 Å². The second-order valence-electron chi connectivity index (χ2n) is 1.71. The Kier molecular flexibility index (Phi) is 1.56. The summed E-state index contributed by atoms with van der Waals surface area (Å²) in [7, 11) is 0. The predicted molar refractivity (Wildman–Crippen MR) is 25.1 cm³/mol. The Bertz CT molecular complexity index is 37.3. The van der Waals surface area contributed by atoms with Crippen LogP contribution in [0.4, 0.5) is 0 Å². The van der Waals surface area contributed by atoms with Crippen molar-refractivity contribution < 1.29 is 5.11 Å². The van der Waals surface area contributed by atoms with Gasteiger partial charge in [-0.1, -0.05) is 6.92 Å². The zero-order valence-electron chi connectivity index (χ0n) is 4.23. The van der Waals surface area contributed by atoms with E-state index in [1.807, 2.05) is 6.92 Å². The van der Waals surface area contributed by atoms with Crippen LogP contribution in [0.2, 0.25) is 0 Å². The van der Waals surface area contributed by atoms with Crippen molar-refractivity contribution in [1.29, 1.82) is 0 Å². The molecule has 0 amide bonds. The molecule has 6 heavy (non-hydrogen) atoms. The van der Waals surface area contributed by atoms with Gasteiger partial charge in [0.15, 0.2) is 0 Å². The van der Waals surface area contributed by atoms with Crippen LogP contribution in [0.5, 0.6) is 0 Å². The Labute approximate surface area is 38.0 Å². The Balaban J connectivity index is 3.17. The van der Waals surface area contributed by atoms with Crippen molar-refractivity contribution in [3.8, 4) is 0 Å². The van der Waals surface area contributed by atoms with Crippen LogP contribution in [-0.2, 0) is 0 Å². The second-order valence-corrected chi connectivity index (χ2v) is 1.71. The Morgan fingerprint density at radius 3 is 2.00 bits per heavy atom. The van der Waals surface area contributed by atoms with Crippen molar-refractivity contribution in [2.24, 2.45) is 5.73 Å². The zero-order chi connectivity index (χ0) is 5.21. The molecule has 38 valence electrons. The number of aliphatic hydroxyl groups is 1. The Hall–Kier alpha value is -0.0800. The van der Waals surface area contributed by atoms with Crippen molar-refractivity contribution in [3.05, 3.63) is 0 Å². The van der Waals surface area contributed by atoms with E-state index >= 15 is 0 Å². The second kappa shape index (κ2) is 1.58. The number of hydrogen-bond acceptors (Lipinski definition) is 2. The highest BCUT2D eigenvalue weighted by Gasteiger charge is 2.06. The van der Waals surface area contributed by atoms with Crippen LogP contribution < -0.4 is 5.73 Å². The van der Waals surface area contributed by atoms with Gasteiger partial charge in [0.25, 0.3) is 0 Å². The molecule has 0 saturated heterocycles. The summed E-state index contributed by atoms with van der Waals surface area (Å²) >= 11 is 0. The first-order valence-corrected chi connectivity index (χ1v) is 2.07. The molecule has 2 nitrogen and oxygen atoms in total. The van der Waals surface area contributed by atoms with Crippen molar-refractivity contribution >= 4 is 0 Å². The molecule has 0 radical (unpaired) electrons. The fraction of sp³-hybridized carbons (Fsp3) is 1.00. The van der Waals surface area contributed by atoms with Crippen LogP contribution in [0.3, 0.4) is 0 Å². The van der Waals surface area contributed by atoms with Crippen LogP contribution in [0.25, 0.3) is 0 Å². The van der Waals surface area contributed by atoms with Gasteiger partial charge >= 0.3 is 0 Å². The van der Waals surface area contributed by atoms with Gasteiger partial charge in [-0.15, -0.1) is 0 Å². The highest BCUT2D eigenvalue weighted by atomic mass is 16.3. The minimum absolute atomic E-state index is 0.604. The first-order valence-electron chi connectivity index (χ1n) is 2.07. The van der Waals surface area contributed by atoms with Gasteiger partial charge in [0.05, 0.1) is 0 Å². The van der Waals surface area contributed by atoms with Crippen molar-refractivity contribution in [3.63, 3.8) is 0 Å². The Morgan fingerprint density at radius 1 is 1.83 bits per heavy atom. The summed E-state index contributed by atoms with van der Waals surface area (Å²) < 4.78 is 0. The molecule has 1 atom stereocenters. The van der Waals surface area contributed by atoms with E-state index < -0.39 is 5.72 Å². The molecule has 0 aromatic heterocycles. The fourth-order valence-corrected chi connectivity index (χ4v) is 0. The first kappa shape index (κ1) is 5.92. The van der Waals surface area contributed by atoms with Crippen molar-refractivity contribution in [1.82, 2.24) is 0 Å². The minimum atomic E-state index is -0.958. The standard InChI is InChI=1S/C4H11NO/c1-3-4(2,5)6/h6H,3,5H2,1-2H3/t4-/m1/s1. The third-order valence-electron chi connectivity index (χ3n) is 0.716. The molecule has 0 unspecified atom stereocenters. The van der Waals surface area contributed by atoms with Crippen LogP contribution >= 0.6 is 0 Å². The van der Waals surface area contributed by atoms with Crippen LogP contribution in [0.1, 0.15) is 20.3 Å². The molecule has 0 saturated carbocycles. The van der Waals surface area contributed by atoms with Gasteiger partial charge in [-0.05, 0) is 13.3 Å². The van der Waals surface area contributed by atoms with E-state index in [9.17, 15) is 0 Å². The monoisotopic (exact) mass is 89.1 g/mol. The highest BCUT2D eigenvalue weighted by Crippen LogP contribution is 1.94. The molecular weight excluding hydrogens is 78.0 g/mol. The van der Waals surface area contributed by atoms with Crippen LogP contribution in [0, 0.1) is 0 Å². The van der Waals surface area contributed by atoms with E-state index in [0.717, 1.165) is 0 Å². The maximum absolute atomic E-state index is 8.60. The summed E-state index contributed by atoms with van der Waals surface area (Å²) in [6.07, 6.45) is 0.604. The maximum atomic E-state index is 8.60. The molecule has 0 fully saturated rings. The number of hydrogen-bond donors (Lipinski definition) is 2. The first-order chi connectivity index (χ1) is 2.56. The summed E-state index contributed by atoms with van der Waals surface area (Å²) in [5.74, 6) is 0. The van der Waals surface area contributed by atoms with E-state index in [2.05, 4.69) is 0 Å². The van der Waals surface area contributed by atoms with E-state index in [4.69, 9.17) is 10.8 Å². The normalized spacial score (nSPS) is 20.0. The SMILES string of the molecule is CC[C@](C)(N)O. The summed E-state index contributed by atoms with van der Waals surface area (Å²) in [6.45, 7) is 3.41. The van der Waals surface area contributed by atoms with Gasteiger partial charge < -0.3 is 10.8 Å². The zero-order valence-corrected chi connectivity index (χ0v) is 4.23. The molecule has 0 aromatic carbocycles. The van der Waals surface area contributed by atoms with Gasteiger partial charge in [-0.3, -0.25) is 0 Å². The smallest absolute Gasteiger partial charge is 0.110 e. The molecule has 0 aromatic rings. The molecule has 0 rings (SSSR count). The summed E-state index contributed by atoms with van der Waals surface area (Å²) in [5.41, 5.74) is 4.13. The lowest BCUT2D eigenvalue weighted by molar-refractivity contribution is 0.0632. The largest absolute Gasteiger partial charge is 0.376 e. The fourth-order valence-electron chi connectivity index (χ4n) is 0. The minimum Gasteiger partial charge on any atom is -0.376 e. The van der Waals surface area contributed by atoms with E-state index in [1.54, 1.807) is 6.92 Å². The molecule has 2 heteroatoms. The molecule has 0 aliphatic rings. The predicted octanol–water partition coefficient (Wildman–Crippen LogP) is 0.0636. The lowest BCUT2D eigenvalue weighted by atomic mass is 10.2. The molecule has 0 heterocycles. The quantitative estimate of drug-likeness (QED) is 0.446. The molecular formula is C4H11NO.